The Balaban J connectivity index is 1.79. The van der Waals surface area contributed by atoms with Crippen molar-refractivity contribution >= 4 is 11.8 Å². The van der Waals surface area contributed by atoms with Crippen molar-refractivity contribution in [3.8, 4) is 11.5 Å². The summed E-state index contributed by atoms with van der Waals surface area (Å²) in [5.74, 6) is 2.86. The van der Waals surface area contributed by atoms with E-state index >= 15 is 0 Å². The molecule has 2 fully saturated rings. The molecule has 0 radical (unpaired) electrons. The second-order valence-corrected chi connectivity index (χ2v) is 6.28. The monoisotopic (exact) mass is 318 g/mol. The number of nitrogens with two attached hydrogens (primary N) is 1. The molecule has 2 bridgehead atoms. The van der Waals surface area contributed by atoms with Crippen LogP contribution in [0.1, 0.15) is 38.2 Å². The normalized spacial score (nSPS) is 26.2. The fourth-order valence-electron chi connectivity index (χ4n) is 3.65. The van der Waals surface area contributed by atoms with Gasteiger partial charge in [0.15, 0.2) is 11.5 Å². The van der Waals surface area contributed by atoms with Crippen LogP contribution in [-0.4, -0.2) is 25.0 Å². The van der Waals surface area contributed by atoms with E-state index in [1.165, 1.54) is 19.3 Å². The predicted octanol–water partition coefficient (Wildman–Crippen LogP) is 3.08. The lowest BCUT2D eigenvalue weighted by Crippen LogP contribution is -2.23. The number of hydrogen-bond acceptors (Lipinski definition) is 5. The summed E-state index contributed by atoms with van der Waals surface area (Å²) in [5.41, 5.74) is 6.27. The number of nitrogens with zero attached hydrogens (tertiary/aromatic N) is 1. The maximum atomic E-state index is 10.7. The van der Waals surface area contributed by atoms with Gasteiger partial charge in [-0.05, 0) is 62.6 Å². The molecule has 2 N–H and O–H groups in total. The van der Waals surface area contributed by atoms with Crippen LogP contribution in [0.2, 0.25) is 0 Å². The predicted molar refractivity (Wildman–Crippen MR) is 85.7 cm³/mol. The molecule has 0 saturated heterocycles. The summed E-state index contributed by atoms with van der Waals surface area (Å²) in [6.07, 6.45) is 4.31. The number of hydrogen-bond donors (Lipinski definition) is 1. The van der Waals surface area contributed by atoms with Crippen LogP contribution < -0.4 is 15.2 Å². The summed E-state index contributed by atoms with van der Waals surface area (Å²) in [6, 6.07) is 5.55. The second-order valence-electron chi connectivity index (χ2n) is 6.28. The fourth-order valence-corrected chi connectivity index (χ4v) is 3.65. The zero-order chi connectivity index (χ0) is 16.4. The van der Waals surface area contributed by atoms with Crippen LogP contribution in [0.3, 0.4) is 0 Å². The van der Waals surface area contributed by atoms with E-state index < -0.39 is 6.09 Å². The van der Waals surface area contributed by atoms with Crippen molar-refractivity contribution < 1.29 is 19.1 Å². The number of amides is 1. The lowest BCUT2D eigenvalue weighted by Gasteiger charge is -2.24. The SMILES string of the molecule is COc1ccc(C(C)=NOC(N)=O)cc1OC1CC2CCC1C2. The molecule has 1 amide bonds. The van der Waals surface area contributed by atoms with E-state index in [9.17, 15) is 4.79 Å². The molecule has 1 aromatic carbocycles. The smallest absolute Gasteiger partial charge is 0.430 e. The molecular formula is C17H22N2O4. The molecule has 3 atom stereocenters. The van der Waals surface area contributed by atoms with E-state index in [1.807, 2.05) is 18.2 Å². The number of methoxy groups -OCH3 is 1. The Morgan fingerprint density at radius 2 is 2.09 bits per heavy atom. The van der Waals surface area contributed by atoms with Gasteiger partial charge in [0.1, 0.15) is 6.10 Å². The first-order valence-electron chi connectivity index (χ1n) is 7.93. The molecule has 124 valence electrons. The van der Waals surface area contributed by atoms with E-state index in [4.69, 9.17) is 15.2 Å². The van der Waals surface area contributed by atoms with Crippen LogP contribution in [0.4, 0.5) is 4.79 Å². The highest BCUT2D eigenvalue weighted by Crippen LogP contribution is 2.46. The van der Waals surface area contributed by atoms with Crippen LogP contribution >= 0.6 is 0 Å². The van der Waals surface area contributed by atoms with Gasteiger partial charge in [0.25, 0.3) is 0 Å². The Kier molecular flexibility index (Phi) is 4.41. The first-order chi connectivity index (χ1) is 11.1. The van der Waals surface area contributed by atoms with Gasteiger partial charge in [0.05, 0.1) is 12.8 Å². The largest absolute Gasteiger partial charge is 0.493 e. The van der Waals surface area contributed by atoms with Crippen molar-refractivity contribution in [2.45, 2.75) is 38.7 Å². The molecule has 0 heterocycles. The summed E-state index contributed by atoms with van der Waals surface area (Å²) < 4.78 is 11.6. The number of carbonyl (C=O) groups excluding carboxylic acids is 1. The van der Waals surface area contributed by atoms with Crippen molar-refractivity contribution in [1.82, 2.24) is 0 Å². The van der Waals surface area contributed by atoms with Crippen LogP contribution in [0.15, 0.2) is 23.4 Å². The van der Waals surface area contributed by atoms with Crippen molar-refractivity contribution in [3.05, 3.63) is 23.8 Å². The maximum absolute atomic E-state index is 10.7. The number of benzene rings is 1. The van der Waals surface area contributed by atoms with Gasteiger partial charge in [-0.1, -0.05) is 5.16 Å². The fraction of sp³-hybridized carbons (Fsp3) is 0.529. The lowest BCUT2D eigenvalue weighted by atomic mass is 9.97. The zero-order valence-electron chi connectivity index (χ0n) is 13.5. The zero-order valence-corrected chi connectivity index (χ0v) is 13.5. The molecule has 2 aliphatic rings. The van der Waals surface area contributed by atoms with Gasteiger partial charge in [-0.3, -0.25) is 4.84 Å². The highest BCUT2D eigenvalue weighted by molar-refractivity contribution is 5.99. The quantitative estimate of drug-likeness (QED) is 0.514. The number of oxime groups is 1. The Morgan fingerprint density at radius 1 is 1.26 bits per heavy atom. The van der Waals surface area contributed by atoms with Gasteiger partial charge >= 0.3 is 6.09 Å². The number of primary amides is 1. The average molecular weight is 318 g/mol. The maximum Gasteiger partial charge on any atom is 0.430 e. The van der Waals surface area contributed by atoms with Gasteiger partial charge < -0.3 is 15.2 Å². The number of rotatable bonds is 5. The first kappa shape index (κ1) is 15.6. The van der Waals surface area contributed by atoms with Gasteiger partial charge in [0, 0.05) is 5.56 Å². The molecule has 0 aliphatic heterocycles. The first-order valence-corrected chi connectivity index (χ1v) is 7.93. The Bertz CT molecular complexity index is 629. The van der Waals surface area contributed by atoms with Crippen molar-refractivity contribution in [2.75, 3.05) is 7.11 Å². The minimum absolute atomic E-state index is 0.261. The Hall–Kier alpha value is -2.24. The van der Waals surface area contributed by atoms with Crippen molar-refractivity contribution in [1.29, 1.82) is 0 Å². The minimum Gasteiger partial charge on any atom is -0.493 e. The standard InChI is InChI=1S/C17H22N2O4/c1-10(19-23-17(18)20)12-5-6-14(21-2)16(9-12)22-15-8-11-3-4-13(15)7-11/h5-6,9,11,13,15H,3-4,7-8H2,1-2H3,(H2,18,20). The number of ether oxygens (including phenoxy) is 2. The number of carbonyl (C=O) groups is 1. The van der Waals surface area contributed by atoms with Crippen LogP contribution in [0, 0.1) is 11.8 Å². The van der Waals surface area contributed by atoms with Crippen LogP contribution in [-0.2, 0) is 4.84 Å². The van der Waals surface area contributed by atoms with Gasteiger partial charge in [-0.15, -0.1) is 0 Å². The molecule has 6 heteroatoms. The lowest BCUT2D eigenvalue weighted by molar-refractivity contribution is 0.133. The second kappa shape index (κ2) is 6.48. The molecule has 1 aromatic rings. The van der Waals surface area contributed by atoms with Gasteiger partial charge in [0.2, 0.25) is 0 Å². The third kappa shape index (κ3) is 3.41. The molecule has 0 spiro atoms. The molecule has 6 nitrogen and oxygen atoms in total. The molecular weight excluding hydrogens is 296 g/mol. The third-order valence-corrected chi connectivity index (χ3v) is 4.81. The molecule has 2 saturated carbocycles. The molecule has 23 heavy (non-hydrogen) atoms. The summed E-state index contributed by atoms with van der Waals surface area (Å²) in [5, 5.41) is 3.71. The highest BCUT2D eigenvalue weighted by Gasteiger charge is 2.41. The van der Waals surface area contributed by atoms with E-state index in [-0.39, 0.29) is 6.10 Å². The van der Waals surface area contributed by atoms with Gasteiger partial charge in [-0.2, -0.15) is 0 Å². The van der Waals surface area contributed by atoms with Crippen molar-refractivity contribution in [2.24, 2.45) is 22.7 Å². The summed E-state index contributed by atoms with van der Waals surface area (Å²) >= 11 is 0. The topological polar surface area (TPSA) is 83.1 Å². The summed E-state index contributed by atoms with van der Waals surface area (Å²) in [6.45, 7) is 1.74. The molecule has 3 rings (SSSR count). The number of fused-ring (bicyclic) bond motifs is 2. The highest BCUT2D eigenvalue weighted by atomic mass is 16.7. The van der Waals surface area contributed by atoms with E-state index in [1.54, 1.807) is 14.0 Å². The average Bonchev–Trinajstić information content (AvgIpc) is 3.15. The van der Waals surface area contributed by atoms with Crippen LogP contribution in [0.5, 0.6) is 11.5 Å². The van der Waals surface area contributed by atoms with E-state index in [0.717, 1.165) is 17.9 Å². The summed E-state index contributed by atoms with van der Waals surface area (Å²) in [4.78, 5) is 15.1. The minimum atomic E-state index is -0.934. The Morgan fingerprint density at radius 3 is 2.70 bits per heavy atom. The van der Waals surface area contributed by atoms with Gasteiger partial charge in [-0.25, -0.2) is 4.79 Å². The van der Waals surface area contributed by atoms with E-state index in [2.05, 4.69) is 9.99 Å². The van der Waals surface area contributed by atoms with Crippen LogP contribution in [0.25, 0.3) is 0 Å². The summed E-state index contributed by atoms with van der Waals surface area (Å²) in [7, 11) is 1.62. The Labute approximate surface area is 135 Å². The third-order valence-electron chi connectivity index (χ3n) is 4.81. The molecule has 2 aliphatic carbocycles. The molecule has 0 aromatic heterocycles. The van der Waals surface area contributed by atoms with E-state index in [0.29, 0.717) is 23.1 Å². The van der Waals surface area contributed by atoms with Crippen molar-refractivity contribution in [3.63, 3.8) is 0 Å². The molecule has 3 unspecified atom stereocenters.